The summed E-state index contributed by atoms with van der Waals surface area (Å²) < 4.78 is 1.89. The number of benzene rings is 1. The van der Waals surface area contributed by atoms with E-state index in [0.29, 0.717) is 17.5 Å². The van der Waals surface area contributed by atoms with Crippen molar-refractivity contribution in [1.29, 1.82) is 0 Å². The zero-order valence-electron chi connectivity index (χ0n) is 15.6. The summed E-state index contributed by atoms with van der Waals surface area (Å²) in [4.78, 5) is 12.9. The highest BCUT2D eigenvalue weighted by atomic mass is 35.5. The van der Waals surface area contributed by atoms with E-state index in [1.807, 2.05) is 28.9 Å². The molecule has 25 heavy (non-hydrogen) atoms. The molecule has 5 heteroatoms. The Morgan fingerprint density at radius 1 is 1.24 bits per heavy atom. The lowest BCUT2D eigenvalue weighted by atomic mass is 10.0. The first-order valence-corrected chi connectivity index (χ1v) is 9.50. The number of carbonyl (C=O) groups is 1. The van der Waals surface area contributed by atoms with E-state index in [-0.39, 0.29) is 5.91 Å². The van der Waals surface area contributed by atoms with Crippen molar-refractivity contribution >= 4 is 17.5 Å². The summed E-state index contributed by atoms with van der Waals surface area (Å²) in [6, 6.07) is 7.62. The Kier molecular flexibility index (Phi) is 7.06. The molecule has 2 rings (SSSR count). The molecule has 2 aromatic rings. The molecule has 0 saturated carbocycles. The third-order valence-corrected chi connectivity index (χ3v) is 4.21. The predicted octanol–water partition coefficient (Wildman–Crippen LogP) is 4.82. The summed E-state index contributed by atoms with van der Waals surface area (Å²) in [6.07, 6.45) is 3.48. The summed E-state index contributed by atoms with van der Waals surface area (Å²) in [6.45, 7) is 9.07. The first-order chi connectivity index (χ1) is 12.0. The van der Waals surface area contributed by atoms with Crippen molar-refractivity contribution in [2.45, 2.75) is 53.4 Å². The molecule has 0 saturated heterocycles. The van der Waals surface area contributed by atoms with Gasteiger partial charge >= 0.3 is 0 Å². The molecule has 0 atom stereocenters. The van der Waals surface area contributed by atoms with Crippen LogP contribution in [-0.4, -0.2) is 22.2 Å². The molecule has 0 aliphatic heterocycles. The average Bonchev–Trinajstić information content (AvgIpc) is 2.92. The maximum atomic E-state index is 12.9. The number of amides is 1. The number of hydrogen-bond acceptors (Lipinski definition) is 2. The van der Waals surface area contributed by atoms with Crippen LogP contribution in [0.4, 0.5) is 0 Å². The van der Waals surface area contributed by atoms with E-state index in [1.54, 1.807) is 0 Å². The van der Waals surface area contributed by atoms with Gasteiger partial charge in [-0.2, -0.15) is 5.10 Å². The van der Waals surface area contributed by atoms with E-state index in [1.165, 1.54) is 0 Å². The summed E-state index contributed by atoms with van der Waals surface area (Å²) in [5, 5.41) is 8.49. The smallest absolute Gasteiger partial charge is 0.255 e. The molecule has 0 fully saturated rings. The molecule has 0 bridgehead atoms. The maximum Gasteiger partial charge on any atom is 0.255 e. The molecular weight excluding hydrogens is 334 g/mol. The van der Waals surface area contributed by atoms with Gasteiger partial charge in [0.2, 0.25) is 0 Å². The Labute approximate surface area is 155 Å². The number of aryl methyl sites for hydroxylation is 1. The number of nitrogens with one attached hydrogen (secondary N) is 1. The average molecular weight is 362 g/mol. The SMILES string of the molecule is CCCc1nn(-c2cccc(Cl)c2)c(CCC)c1C(=O)NCC(C)C. The van der Waals surface area contributed by atoms with Crippen LogP contribution >= 0.6 is 11.6 Å². The predicted molar refractivity (Wildman–Crippen MR) is 104 cm³/mol. The second-order valence-corrected chi connectivity index (χ2v) is 7.20. The lowest BCUT2D eigenvalue weighted by molar-refractivity contribution is 0.0947. The van der Waals surface area contributed by atoms with Gasteiger partial charge in [-0.15, -0.1) is 0 Å². The number of hydrogen-bond donors (Lipinski definition) is 1. The highest BCUT2D eigenvalue weighted by Gasteiger charge is 2.23. The van der Waals surface area contributed by atoms with Crippen molar-refractivity contribution in [3.63, 3.8) is 0 Å². The summed E-state index contributed by atoms with van der Waals surface area (Å²) >= 11 is 6.16. The van der Waals surface area contributed by atoms with Crippen molar-refractivity contribution in [3.8, 4) is 5.69 Å². The zero-order chi connectivity index (χ0) is 18.4. The molecule has 1 aromatic heterocycles. The Morgan fingerprint density at radius 2 is 1.96 bits per heavy atom. The van der Waals surface area contributed by atoms with E-state index in [2.05, 4.69) is 33.0 Å². The van der Waals surface area contributed by atoms with Crippen LogP contribution in [-0.2, 0) is 12.8 Å². The Balaban J connectivity index is 2.53. The highest BCUT2D eigenvalue weighted by Crippen LogP contribution is 2.23. The molecule has 0 aliphatic carbocycles. The first kappa shape index (κ1) is 19.5. The monoisotopic (exact) mass is 361 g/mol. The summed E-state index contributed by atoms with van der Waals surface area (Å²) in [7, 11) is 0. The van der Waals surface area contributed by atoms with Gasteiger partial charge in [-0.05, 0) is 37.0 Å². The van der Waals surface area contributed by atoms with Gasteiger partial charge in [0.1, 0.15) is 0 Å². The van der Waals surface area contributed by atoms with Crippen LogP contribution < -0.4 is 5.32 Å². The minimum Gasteiger partial charge on any atom is -0.352 e. The van der Waals surface area contributed by atoms with E-state index in [9.17, 15) is 4.79 Å². The molecule has 1 amide bonds. The van der Waals surface area contributed by atoms with Gasteiger partial charge < -0.3 is 5.32 Å². The lowest BCUT2D eigenvalue weighted by Gasteiger charge is -2.11. The van der Waals surface area contributed by atoms with E-state index in [4.69, 9.17) is 16.7 Å². The quantitative estimate of drug-likeness (QED) is 0.732. The van der Waals surface area contributed by atoms with Crippen LogP contribution in [0.25, 0.3) is 5.69 Å². The van der Waals surface area contributed by atoms with Gasteiger partial charge in [0.15, 0.2) is 0 Å². The van der Waals surface area contributed by atoms with Crippen molar-refractivity contribution in [1.82, 2.24) is 15.1 Å². The second-order valence-electron chi connectivity index (χ2n) is 6.76. The normalized spacial score (nSPS) is 11.1. The van der Waals surface area contributed by atoms with Gasteiger partial charge in [-0.3, -0.25) is 4.79 Å². The van der Waals surface area contributed by atoms with Gasteiger partial charge in [0.05, 0.1) is 22.6 Å². The molecule has 0 spiro atoms. The van der Waals surface area contributed by atoms with Gasteiger partial charge in [-0.1, -0.05) is 58.2 Å². The number of aromatic nitrogens is 2. The van der Waals surface area contributed by atoms with Crippen LogP contribution in [0.2, 0.25) is 5.02 Å². The van der Waals surface area contributed by atoms with Crippen LogP contribution in [0.3, 0.4) is 0 Å². The number of halogens is 1. The largest absolute Gasteiger partial charge is 0.352 e. The fourth-order valence-corrected chi connectivity index (χ4v) is 3.04. The van der Waals surface area contributed by atoms with Crippen molar-refractivity contribution in [2.75, 3.05) is 6.54 Å². The Morgan fingerprint density at radius 3 is 2.56 bits per heavy atom. The zero-order valence-corrected chi connectivity index (χ0v) is 16.4. The minimum atomic E-state index is -0.0196. The molecule has 1 N–H and O–H groups in total. The number of rotatable bonds is 8. The van der Waals surface area contributed by atoms with E-state index < -0.39 is 0 Å². The fourth-order valence-electron chi connectivity index (χ4n) is 2.85. The fraction of sp³-hybridized carbons (Fsp3) is 0.500. The molecule has 136 valence electrons. The third kappa shape index (κ3) is 4.85. The van der Waals surface area contributed by atoms with Crippen LogP contribution in [0.5, 0.6) is 0 Å². The van der Waals surface area contributed by atoms with Crippen molar-refractivity contribution < 1.29 is 4.79 Å². The third-order valence-electron chi connectivity index (χ3n) is 3.98. The minimum absolute atomic E-state index is 0.0196. The molecule has 1 aromatic carbocycles. The molecule has 0 radical (unpaired) electrons. The van der Waals surface area contributed by atoms with Crippen LogP contribution in [0, 0.1) is 5.92 Å². The molecule has 0 aliphatic rings. The second kappa shape index (κ2) is 9.04. The van der Waals surface area contributed by atoms with E-state index >= 15 is 0 Å². The summed E-state index contributed by atoms with van der Waals surface area (Å²) in [5.41, 5.74) is 3.47. The Bertz CT molecular complexity index is 722. The van der Waals surface area contributed by atoms with Gasteiger partial charge in [0.25, 0.3) is 5.91 Å². The van der Waals surface area contributed by atoms with Crippen molar-refractivity contribution in [3.05, 3.63) is 46.2 Å². The molecule has 1 heterocycles. The van der Waals surface area contributed by atoms with E-state index in [0.717, 1.165) is 48.3 Å². The molecule has 4 nitrogen and oxygen atoms in total. The van der Waals surface area contributed by atoms with Crippen LogP contribution in [0.15, 0.2) is 24.3 Å². The van der Waals surface area contributed by atoms with Gasteiger partial charge in [-0.25, -0.2) is 4.68 Å². The highest BCUT2D eigenvalue weighted by molar-refractivity contribution is 6.30. The standard InChI is InChI=1S/C20H28ClN3O/c1-5-8-17-19(20(25)22-13-14(3)4)18(9-6-2)24(23-17)16-11-7-10-15(21)12-16/h7,10-12,14H,5-6,8-9,13H2,1-4H3,(H,22,25). The lowest BCUT2D eigenvalue weighted by Crippen LogP contribution is -2.28. The first-order valence-electron chi connectivity index (χ1n) is 9.12. The maximum absolute atomic E-state index is 12.9. The number of carbonyl (C=O) groups excluding carboxylic acids is 1. The van der Waals surface area contributed by atoms with Crippen molar-refractivity contribution in [2.24, 2.45) is 5.92 Å². The van der Waals surface area contributed by atoms with Gasteiger partial charge in [0, 0.05) is 11.6 Å². The number of nitrogens with zero attached hydrogens (tertiary/aromatic N) is 2. The molecular formula is C20H28ClN3O. The van der Waals surface area contributed by atoms with Crippen LogP contribution in [0.1, 0.15) is 62.3 Å². The topological polar surface area (TPSA) is 46.9 Å². The summed E-state index contributed by atoms with van der Waals surface area (Å²) in [5.74, 6) is 0.394. The molecule has 0 unspecified atom stereocenters. The Hall–Kier alpha value is -1.81.